The number of aliphatic hydroxyl groups is 2. The molecule has 1 heterocycles. The van der Waals surface area contributed by atoms with Gasteiger partial charge in [0.15, 0.2) is 0 Å². The Labute approximate surface area is 155 Å². The molecule has 2 aliphatic rings. The van der Waals surface area contributed by atoms with Gasteiger partial charge in [0, 0.05) is 6.54 Å². The van der Waals surface area contributed by atoms with Crippen LogP contribution in [0.5, 0.6) is 5.75 Å². The lowest BCUT2D eigenvalue weighted by molar-refractivity contribution is -0.244. The van der Waals surface area contributed by atoms with Crippen LogP contribution >= 0.6 is 0 Å². The van der Waals surface area contributed by atoms with E-state index in [0.717, 1.165) is 0 Å². The van der Waals surface area contributed by atoms with Gasteiger partial charge in [-0.05, 0) is 43.4 Å². The van der Waals surface area contributed by atoms with Gasteiger partial charge in [-0.3, -0.25) is 4.79 Å². The molecule has 8 heteroatoms. The normalized spacial score (nSPS) is 31.3. The molecule has 3 atom stereocenters. The van der Waals surface area contributed by atoms with E-state index in [1.165, 1.54) is 7.11 Å². The van der Waals surface area contributed by atoms with E-state index >= 15 is 0 Å². The Kier molecular flexibility index (Phi) is 5.16. The zero-order valence-corrected chi connectivity index (χ0v) is 15.1. The first-order valence-electron chi connectivity index (χ1n) is 9.06. The van der Waals surface area contributed by atoms with Gasteiger partial charge in [-0.2, -0.15) is 13.2 Å². The monoisotopic (exact) mass is 387 g/mol. The molecule has 2 N–H and O–H groups in total. The number of benzene rings is 1. The summed E-state index contributed by atoms with van der Waals surface area (Å²) in [5.74, 6) is -1.37. The van der Waals surface area contributed by atoms with Crippen LogP contribution in [0.2, 0.25) is 0 Å². The molecule has 0 aromatic heterocycles. The maximum Gasteiger partial charge on any atom is 0.471 e. The van der Waals surface area contributed by atoms with Crippen LogP contribution in [0, 0.1) is 0 Å². The van der Waals surface area contributed by atoms with Crippen molar-refractivity contribution in [2.45, 2.75) is 61.9 Å². The van der Waals surface area contributed by atoms with Crippen molar-refractivity contribution >= 4 is 5.91 Å². The summed E-state index contributed by atoms with van der Waals surface area (Å²) in [5.41, 5.74) is -2.60. The number of rotatable bonds is 3. The van der Waals surface area contributed by atoms with E-state index in [1.54, 1.807) is 24.3 Å². The van der Waals surface area contributed by atoms with E-state index in [4.69, 9.17) is 4.74 Å². The van der Waals surface area contributed by atoms with Crippen LogP contribution in [0.4, 0.5) is 13.2 Å². The lowest BCUT2D eigenvalue weighted by Gasteiger charge is -2.58. The number of carbonyl (C=O) groups is 1. The highest BCUT2D eigenvalue weighted by Crippen LogP contribution is 2.48. The van der Waals surface area contributed by atoms with Crippen molar-refractivity contribution in [3.63, 3.8) is 0 Å². The van der Waals surface area contributed by atoms with Crippen LogP contribution in [0.3, 0.4) is 0 Å². The lowest BCUT2D eigenvalue weighted by atomic mass is 9.62. The van der Waals surface area contributed by atoms with Gasteiger partial charge in [0.1, 0.15) is 11.4 Å². The van der Waals surface area contributed by atoms with E-state index in [9.17, 15) is 28.2 Å². The molecule has 0 radical (unpaired) electrons. The third-order valence-corrected chi connectivity index (χ3v) is 5.99. The van der Waals surface area contributed by atoms with Crippen LogP contribution in [-0.4, -0.2) is 58.1 Å². The molecule has 2 fully saturated rings. The number of halogens is 3. The van der Waals surface area contributed by atoms with Gasteiger partial charge < -0.3 is 19.8 Å². The highest BCUT2D eigenvalue weighted by molar-refractivity contribution is 5.82. The molecular weight excluding hydrogens is 363 g/mol. The second-order valence-electron chi connectivity index (χ2n) is 7.48. The Morgan fingerprint density at radius 1 is 1.19 bits per heavy atom. The average Bonchev–Trinajstić information content (AvgIpc) is 2.62. The van der Waals surface area contributed by atoms with Crippen LogP contribution in [0.15, 0.2) is 24.3 Å². The van der Waals surface area contributed by atoms with Gasteiger partial charge >= 0.3 is 12.1 Å². The molecule has 1 aliphatic carbocycles. The highest BCUT2D eigenvalue weighted by Gasteiger charge is 2.62. The minimum Gasteiger partial charge on any atom is -0.497 e. The summed E-state index contributed by atoms with van der Waals surface area (Å²) in [6, 6.07) is 5.57. The zero-order valence-electron chi connectivity index (χ0n) is 15.1. The molecule has 1 aliphatic heterocycles. The molecule has 1 saturated heterocycles. The summed E-state index contributed by atoms with van der Waals surface area (Å²) >= 11 is 0. The maximum absolute atomic E-state index is 13.1. The summed E-state index contributed by atoms with van der Waals surface area (Å²) in [5, 5.41) is 22.3. The van der Waals surface area contributed by atoms with Gasteiger partial charge in [-0.1, -0.05) is 25.0 Å². The number of carbonyl (C=O) groups excluding carboxylic acids is 1. The molecule has 150 valence electrons. The molecule has 1 aromatic rings. The summed E-state index contributed by atoms with van der Waals surface area (Å²) in [6.45, 7) is -0.238. The Morgan fingerprint density at radius 3 is 2.41 bits per heavy atom. The maximum atomic E-state index is 13.1. The fourth-order valence-corrected chi connectivity index (χ4v) is 4.47. The third kappa shape index (κ3) is 3.52. The number of fused-ring (bicyclic) bond motifs is 1. The minimum absolute atomic E-state index is 0.0185. The quantitative estimate of drug-likeness (QED) is 0.836. The van der Waals surface area contributed by atoms with Crippen LogP contribution in [0.25, 0.3) is 0 Å². The first kappa shape index (κ1) is 19.9. The number of amides is 1. The van der Waals surface area contributed by atoms with E-state index in [1.807, 2.05) is 0 Å². The summed E-state index contributed by atoms with van der Waals surface area (Å²) in [4.78, 5) is 12.7. The predicted molar refractivity (Wildman–Crippen MR) is 91.2 cm³/mol. The molecule has 1 saturated carbocycles. The average molecular weight is 387 g/mol. The first-order valence-corrected chi connectivity index (χ1v) is 9.06. The molecule has 1 amide bonds. The number of hydrogen-bond acceptors (Lipinski definition) is 4. The Hall–Kier alpha value is -1.80. The number of piperidine rings is 1. The number of alkyl halides is 3. The molecule has 5 nitrogen and oxygen atoms in total. The summed E-state index contributed by atoms with van der Waals surface area (Å²) < 4.78 is 44.5. The van der Waals surface area contributed by atoms with Crippen molar-refractivity contribution in [3.8, 4) is 5.75 Å². The van der Waals surface area contributed by atoms with Crippen LogP contribution in [-0.2, 0) is 11.2 Å². The Balaban J connectivity index is 1.97. The Bertz CT molecular complexity index is 693. The topological polar surface area (TPSA) is 70.0 Å². The molecular formula is C19H24F3NO4. The summed E-state index contributed by atoms with van der Waals surface area (Å²) in [6.07, 6.45) is -3.32. The first-order chi connectivity index (χ1) is 12.6. The Morgan fingerprint density at radius 2 is 1.81 bits per heavy atom. The van der Waals surface area contributed by atoms with E-state index in [0.29, 0.717) is 35.5 Å². The van der Waals surface area contributed by atoms with Crippen molar-refractivity contribution < 1.29 is 32.9 Å². The van der Waals surface area contributed by atoms with Crippen molar-refractivity contribution in [1.82, 2.24) is 4.90 Å². The second-order valence-corrected chi connectivity index (χ2v) is 7.48. The van der Waals surface area contributed by atoms with Crippen molar-refractivity contribution in [2.75, 3.05) is 13.7 Å². The predicted octanol–water partition coefficient (Wildman–Crippen LogP) is 2.44. The van der Waals surface area contributed by atoms with Crippen molar-refractivity contribution in [1.29, 1.82) is 0 Å². The number of ether oxygens (including phenoxy) is 1. The van der Waals surface area contributed by atoms with Gasteiger partial charge in [0.2, 0.25) is 0 Å². The van der Waals surface area contributed by atoms with E-state index in [-0.39, 0.29) is 25.8 Å². The largest absolute Gasteiger partial charge is 0.497 e. The fourth-order valence-electron chi connectivity index (χ4n) is 4.47. The van der Waals surface area contributed by atoms with Gasteiger partial charge in [-0.25, -0.2) is 0 Å². The van der Waals surface area contributed by atoms with E-state index < -0.39 is 29.3 Å². The van der Waals surface area contributed by atoms with Crippen LogP contribution < -0.4 is 4.74 Å². The lowest BCUT2D eigenvalue weighted by Crippen LogP contribution is -2.73. The van der Waals surface area contributed by atoms with Gasteiger partial charge in [0.05, 0.1) is 18.8 Å². The SMILES string of the molecule is COc1ccc(C[C@@H]2N(C(=O)C(F)(F)F)CC[C@@]3(O)CCCC[C@]23O)cc1. The van der Waals surface area contributed by atoms with Gasteiger partial charge in [-0.15, -0.1) is 0 Å². The van der Waals surface area contributed by atoms with Crippen LogP contribution in [0.1, 0.15) is 37.7 Å². The minimum atomic E-state index is -5.03. The van der Waals surface area contributed by atoms with Gasteiger partial charge in [0.25, 0.3) is 0 Å². The third-order valence-electron chi connectivity index (χ3n) is 5.99. The van der Waals surface area contributed by atoms with Crippen molar-refractivity contribution in [3.05, 3.63) is 29.8 Å². The standard InChI is InChI=1S/C19H24F3NO4/c1-27-14-6-4-13(5-7-14)12-15-18(26)9-3-2-8-17(18,25)10-11-23(15)16(24)19(20,21)22/h4-7,15,25-26H,2-3,8-12H2,1H3/t15-,17-,18-/m0/s1. The molecule has 0 unspecified atom stereocenters. The zero-order chi connectivity index (χ0) is 19.9. The molecule has 0 bridgehead atoms. The summed E-state index contributed by atoms with van der Waals surface area (Å²) in [7, 11) is 1.50. The molecule has 1 aromatic carbocycles. The smallest absolute Gasteiger partial charge is 0.471 e. The number of nitrogens with zero attached hydrogens (tertiary/aromatic N) is 1. The fraction of sp³-hybridized carbons (Fsp3) is 0.632. The number of hydrogen-bond donors (Lipinski definition) is 2. The molecule has 3 rings (SSSR count). The van der Waals surface area contributed by atoms with E-state index in [2.05, 4.69) is 0 Å². The number of likely N-dealkylation sites (tertiary alicyclic amines) is 1. The highest BCUT2D eigenvalue weighted by atomic mass is 19.4. The van der Waals surface area contributed by atoms with Crippen molar-refractivity contribution in [2.24, 2.45) is 0 Å². The molecule has 27 heavy (non-hydrogen) atoms. The second kappa shape index (κ2) is 6.98. The number of methoxy groups -OCH3 is 1. The molecule has 0 spiro atoms.